The molecular weight excluding hydrogens is 254 g/mol. The molecule has 0 aliphatic carbocycles. The fraction of sp³-hybridized carbons (Fsp3) is 0.636. The molecule has 0 aromatic carbocycles. The largest absolute Gasteiger partial charge is 0.384 e. The maximum absolute atomic E-state index is 12.3. The van der Waals surface area contributed by atoms with Gasteiger partial charge in [-0.2, -0.15) is 0 Å². The van der Waals surface area contributed by atoms with Crippen LogP contribution in [0.3, 0.4) is 0 Å². The van der Waals surface area contributed by atoms with Crippen molar-refractivity contribution in [1.82, 2.24) is 9.47 Å². The number of thiazole rings is 1. The van der Waals surface area contributed by atoms with Crippen molar-refractivity contribution in [2.75, 3.05) is 18.8 Å². The van der Waals surface area contributed by atoms with Crippen molar-refractivity contribution >= 4 is 35.3 Å². The van der Waals surface area contributed by atoms with Gasteiger partial charge < -0.3 is 15.2 Å². The van der Waals surface area contributed by atoms with Crippen LogP contribution in [0.5, 0.6) is 0 Å². The van der Waals surface area contributed by atoms with Crippen LogP contribution in [0.2, 0.25) is 0 Å². The van der Waals surface area contributed by atoms with Gasteiger partial charge in [0.2, 0.25) is 0 Å². The number of aromatic nitrogens is 1. The normalized spacial score (nSPS) is 16.2. The molecule has 6 heteroatoms. The van der Waals surface area contributed by atoms with Crippen molar-refractivity contribution in [2.24, 2.45) is 0 Å². The summed E-state index contributed by atoms with van der Waals surface area (Å²) in [7, 11) is 0. The number of rotatable bonds is 2. The van der Waals surface area contributed by atoms with Gasteiger partial charge in [-0.3, -0.25) is 4.79 Å². The van der Waals surface area contributed by atoms with E-state index in [1.54, 1.807) is 0 Å². The minimum Gasteiger partial charge on any atom is -0.384 e. The van der Waals surface area contributed by atoms with Crippen LogP contribution in [0.1, 0.15) is 35.9 Å². The number of likely N-dealkylation sites (tertiary alicyclic amines) is 1. The summed E-state index contributed by atoms with van der Waals surface area (Å²) in [5.74, 6) is 0.573. The molecule has 0 radical (unpaired) electrons. The third-order valence-electron chi connectivity index (χ3n) is 3.09. The standard InChI is InChI=1S/C11H17N3OS2/c1-2-14-9(12)8(17-11(14)16)10(15)13-6-4-3-5-7-13/h2-7,12H2,1H3. The van der Waals surface area contributed by atoms with Crippen molar-refractivity contribution < 1.29 is 4.79 Å². The van der Waals surface area contributed by atoms with Crippen molar-refractivity contribution in [2.45, 2.75) is 32.7 Å². The van der Waals surface area contributed by atoms with Crippen molar-refractivity contribution in [3.05, 3.63) is 8.83 Å². The van der Waals surface area contributed by atoms with E-state index < -0.39 is 0 Å². The van der Waals surface area contributed by atoms with Gasteiger partial charge in [0.15, 0.2) is 3.95 Å². The van der Waals surface area contributed by atoms with Crippen LogP contribution in [0.4, 0.5) is 5.82 Å². The lowest BCUT2D eigenvalue weighted by atomic mass is 10.1. The summed E-state index contributed by atoms with van der Waals surface area (Å²) < 4.78 is 2.50. The van der Waals surface area contributed by atoms with Crippen LogP contribution in [0.25, 0.3) is 0 Å². The molecule has 0 spiro atoms. The Morgan fingerprint density at radius 2 is 2.06 bits per heavy atom. The number of hydrogen-bond acceptors (Lipinski definition) is 4. The smallest absolute Gasteiger partial charge is 0.267 e. The lowest BCUT2D eigenvalue weighted by Crippen LogP contribution is -2.35. The van der Waals surface area contributed by atoms with E-state index in [-0.39, 0.29) is 5.91 Å². The lowest BCUT2D eigenvalue weighted by Gasteiger charge is -2.26. The highest BCUT2D eigenvalue weighted by atomic mass is 32.1. The number of anilines is 1. The molecule has 1 amide bonds. The Labute approximate surface area is 110 Å². The molecule has 1 aliphatic heterocycles. The van der Waals surface area contributed by atoms with E-state index >= 15 is 0 Å². The molecule has 0 bridgehead atoms. The number of nitrogens with two attached hydrogens (primary N) is 1. The molecule has 0 unspecified atom stereocenters. The van der Waals surface area contributed by atoms with Crippen LogP contribution in [-0.2, 0) is 6.54 Å². The summed E-state index contributed by atoms with van der Waals surface area (Å²) in [6, 6.07) is 0. The molecular formula is C11H17N3OS2. The van der Waals surface area contributed by atoms with Gasteiger partial charge >= 0.3 is 0 Å². The number of carbonyl (C=O) groups excluding carboxylic acids is 1. The molecule has 17 heavy (non-hydrogen) atoms. The van der Waals surface area contributed by atoms with Crippen LogP contribution in [0.15, 0.2) is 0 Å². The minimum absolute atomic E-state index is 0.0468. The predicted octanol–water partition coefficient (Wildman–Crippen LogP) is 2.51. The first-order valence-electron chi connectivity index (χ1n) is 5.93. The Hall–Kier alpha value is -0.880. The highest BCUT2D eigenvalue weighted by molar-refractivity contribution is 7.73. The zero-order valence-electron chi connectivity index (χ0n) is 9.94. The van der Waals surface area contributed by atoms with Gasteiger partial charge in [-0.15, -0.1) is 0 Å². The molecule has 0 saturated carbocycles. The van der Waals surface area contributed by atoms with Crippen molar-refractivity contribution in [1.29, 1.82) is 0 Å². The maximum Gasteiger partial charge on any atom is 0.267 e. The predicted molar refractivity (Wildman–Crippen MR) is 73.0 cm³/mol. The third-order valence-corrected chi connectivity index (χ3v) is 4.54. The number of hydrogen-bond donors (Lipinski definition) is 1. The Bertz CT molecular complexity index is 472. The Kier molecular flexibility index (Phi) is 3.83. The Balaban J connectivity index is 2.27. The summed E-state index contributed by atoms with van der Waals surface area (Å²) >= 11 is 6.54. The second-order valence-electron chi connectivity index (χ2n) is 4.18. The fourth-order valence-corrected chi connectivity index (χ4v) is 3.53. The van der Waals surface area contributed by atoms with E-state index in [0.29, 0.717) is 21.2 Å². The molecule has 2 rings (SSSR count). The van der Waals surface area contributed by atoms with Gasteiger partial charge in [0.25, 0.3) is 5.91 Å². The van der Waals surface area contributed by atoms with E-state index in [9.17, 15) is 4.79 Å². The summed E-state index contributed by atoms with van der Waals surface area (Å²) in [4.78, 5) is 14.8. The Morgan fingerprint density at radius 1 is 1.41 bits per heavy atom. The molecule has 0 atom stereocenters. The summed E-state index contributed by atoms with van der Waals surface area (Å²) in [5.41, 5.74) is 5.98. The van der Waals surface area contributed by atoms with E-state index in [0.717, 1.165) is 25.9 Å². The number of nitrogen functional groups attached to an aromatic ring is 1. The quantitative estimate of drug-likeness (QED) is 0.841. The zero-order chi connectivity index (χ0) is 12.4. The first kappa shape index (κ1) is 12.6. The van der Waals surface area contributed by atoms with E-state index in [4.69, 9.17) is 18.0 Å². The van der Waals surface area contributed by atoms with Crippen molar-refractivity contribution in [3.63, 3.8) is 0 Å². The highest BCUT2D eigenvalue weighted by Crippen LogP contribution is 2.25. The molecule has 94 valence electrons. The van der Waals surface area contributed by atoms with E-state index in [1.807, 2.05) is 16.4 Å². The number of amides is 1. The molecule has 1 saturated heterocycles. The van der Waals surface area contributed by atoms with Gasteiger partial charge in [-0.1, -0.05) is 11.3 Å². The number of nitrogens with zero attached hydrogens (tertiary/aromatic N) is 2. The van der Waals surface area contributed by atoms with E-state index in [1.165, 1.54) is 17.8 Å². The second-order valence-corrected chi connectivity index (χ2v) is 5.82. The number of piperidine rings is 1. The monoisotopic (exact) mass is 271 g/mol. The van der Waals surface area contributed by atoms with Gasteiger partial charge in [0, 0.05) is 19.6 Å². The van der Waals surface area contributed by atoms with Crippen LogP contribution in [-0.4, -0.2) is 28.5 Å². The first-order chi connectivity index (χ1) is 8.15. The van der Waals surface area contributed by atoms with Crippen molar-refractivity contribution in [3.8, 4) is 0 Å². The molecule has 1 aliphatic rings. The van der Waals surface area contributed by atoms with Gasteiger partial charge in [-0.05, 0) is 38.4 Å². The van der Waals surface area contributed by atoms with Gasteiger partial charge in [0.05, 0.1) is 0 Å². The average Bonchev–Trinajstić information content (AvgIpc) is 2.64. The zero-order valence-corrected chi connectivity index (χ0v) is 11.6. The summed E-state index contributed by atoms with van der Waals surface area (Å²) in [5, 5.41) is 0. The summed E-state index contributed by atoms with van der Waals surface area (Å²) in [6.07, 6.45) is 3.39. The second kappa shape index (κ2) is 5.18. The van der Waals surface area contributed by atoms with Gasteiger partial charge in [-0.25, -0.2) is 0 Å². The molecule has 2 heterocycles. The minimum atomic E-state index is 0.0468. The number of carbonyl (C=O) groups is 1. The van der Waals surface area contributed by atoms with Crippen LogP contribution in [0, 0.1) is 3.95 Å². The van der Waals surface area contributed by atoms with Crippen LogP contribution >= 0.6 is 23.6 Å². The first-order valence-corrected chi connectivity index (χ1v) is 7.16. The Morgan fingerprint density at radius 3 is 2.59 bits per heavy atom. The molecule has 4 nitrogen and oxygen atoms in total. The molecule has 1 aromatic heterocycles. The van der Waals surface area contributed by atoms with Gasteiger partial charge in [0.1, 0.15) is 10.7 Å². The molecule has 2 N–H and O–H groups in total. The fourth-order valence-electron chi connectivity index (χ4n) is 2.11. The molecule has 1 aromatic rings. The topological polar surface area (TPSA) is 51.3 Å². The summed E-state index contributed by atoms with van der Waals surface area (Å²) in [6.45, 7) is 4.38. The SMILES string of the molecule is CCn1c(N)c(C(=O)N2CCCCC2)sc1=S. The maximum atomic E-state index is 12.3. The lowest BCUT2D eigenvalue weighted by molar-refractivity contribution is 0.0730. The van der Waals surface area contributed by atoms with E-state index in [2.05, 4.69) is 0 Å². The highest BCUT2D eigenvalue weighted by Gasteiger charge is 2.23. The van der Waals surface area contributed by atoms with Crippen LogP contribution < -0.4 is 5.73 Å². The molecule has 1 fully saturated rings. The third kappa shape index (κ3) is 2.37. The average molecular weight is 271 g/mol.